The molecule has 0 bridgehead atoms. The molecule has 158 valence electrons. The van der Waals surface area contributed by atoms with Gasteiger partial charge in [-0.25, -0.2) is 4.99 Å². The van der Waals surface area contributed by atoms with Gasteiger partial charge in [-0.15, -0.1) is 0 Å². The van der Waals surface area contributed by atoms with Crippen molar-refractivity contribution in [3.63, 3.8) is 0 Å². The summed E-state index contributed by atoms with van der Waals surface area (Å²) in [6, 6.07) is 8.51. The first-order valence-electron chi connectivity index (χ1n) is 9.40. The van der Waals surface area contributed by atoms with Crippen LogP contribution in [0.25, 0.3) is 6.08 Å². The first-order valence-corrected chi connectivity index (χ1v) is 10.8. The van der Waals surface area contributed by atoms with Crippen LogP contribution in [-0.4, -0.2) is 47.8 Å². The maximum absolute atomic E-state index is 13.1. The van der Waals surface area contributed by atoms with Gasteiger partial charge in [-0.1, -0.05) is 23.4 Å². The molecule has 0 saturated heterocycles. The highest BCUT2D eigenvalue weighted by Gasteiger charge is 2.33. The van der Waals surface area contributed by atoms with E-state index < -0.39 is 0 Å². The Kier molecular flexibility index (Phi) is 7.23. The van der Waals surface area contributed by atoms with Crippen LogP contribution in [0.1, 0.15) is 19.6 Å². The number of anilines is 1. The summed E-state index contributed by atoms with van der Waals surface area (Å²) in [5, 5.41) is 0.773. The van der Waals surface area contributed by atoms with Gasteiger partial charge in [0.05, 0.1) is 29.8 Å². The van der Waals surface area contributed by atoms with Gasteiger partial charge >= 0.3 is 0 Å². The number of methoxy groups -OCH3 is 1. The molecule has 2 amide bonds. The molecule has 0 atom stereocenters. The molecule has 0 radical (unpaired) electrons. The number of benzene rings is 1. The van der Waals surface area contributed by atoms with E-state index >= 15 is 0 Å². The largest absolute Gasteiger partial charge is 0.495 e. The zero-order valence-corrected chi connectivity index (χ0v) is 18.5. The average Bonchev–Trinajstić information content (AvgIpc) is 3.35. The summed E-state index contributed by atoms with van der Waals surface area (Å²) in [6.45, 7) is 5.11. The number of carbonyl (C=O) groups is 2. The van der Waals surface area contributed by atoms with Crippen LogP contribution < -0.4 is 9.64 Å². The molecule has 1 aliphatic heterocycles. The van der Waals surface area contributed by atoms with Crippen molar-refractivity contribution in [1.82, 2.24) is 4.90 Å². The standard InChI is InChI=1S/C21H22ClN3O4S/c1-4-24(5-2)19(26)13-30-21-23-17(12-15-7-6-10-29-15)20(27)25(21)14-8-9-18(28-3)16(22)11-14/h6-12H,4-5,13H2,1-3H3/b17-12-. The van der Waals surface area contributed by atoms with E-state index in [1.54, 1.807) is 41.3 Å². The topological polar surface area (TPSA) is 75.4 Å². The zero-order valence-electron chi connectivity index (χ0n) is 16.9. The smallest absolute Gasteiger partial charge is 0.283 e. The van der Waals surface area contributed by atoms with Crippen molar-refractivity contribution in [2.24, 2.45) is 4.99 Å². The Morgan fingerprint density at radius 3 is 2.70 bits per heavy atom. The predicted molar refractivity (Wildman–Crippen MR) is 120 cm³/mol. The third kappa shape index (κ3) is 4.71. The number of ether oxygens (including phenoxy) is 1. The fraction of sp³-hybridized carbons (Fsp3) is 0.286. The van der Waals surface area contributed by atoms with Crippen molar-refractivity contribution in [2.45, 2.75) is 13.8 Å². The monoisotopic (exact) mass is 447 g/mol. The number of aliphatic imine (C=N–C) groups is 1. The minimum atomic E-state index is -0.328. The van der Waals surface area contributed by atoms with Crippen LogP contribution in [0.15, 0.2) is 51.7 Å². The summed E-state index contributed by atoms with van der Waals surface area (Å²) in [5.41, 5.74) is 0.755. The van der Waals surface area contributed by atoms with Gasteiger partial charge in [0.1, 0.15) is 17.2 Å². The number of nitrogens with zero attached hydrogens (tertiary/aromatic N) is 3. The zero-order chi connectivity index (χ0) is 21.7. The highest BCUT2D eigenvalue weighted by Crippen LogP contribution is 2.34. The van der Waals surface area contributed by atoms with Crippen molar-refractivity contribution in [3.8, 4) is 5.75 Å². The summed E-state index contributed by atoms with van der Waals surface area (Å²) in [5.74, 6) is 0.839. The minimum absolute atomic E-state index is 0.0173. The maximum Gasteiger partial charge on any atom is 0.283 e. The van der Waals surface area contributed by atoms with Gasteiger partial charge in [0, 0.05) is 19.2 Å². The Bertz CT molecular complexity index is 984. The van der Waals surface area contributed by atoms with Crippen molar-refractivity contribution in [3.05, 3.63) is 53.1 Å². The second-order valence-electron chi connectivity index (χ2n) is 6.25. The number of hydrogen-bond donors (Lipinski definition) is 0. The summed E-state index contributed by atoms with van der Waals surface area (Å²) < 4.78 is 10.5. The lowest BCUT2D eigenvalue weighted by atomic mass is 10.2. The highest BCUT2D eigenvalue weighted by molar-refractivity contribution is 8.14. The van der Waals surface area contributed by atoms with E-state index in [1.807, 2.05) is 13.8 Å². The second kappa shape index (κ2) is 9.86. The van der Waals surface area contributed by atoms with Gasteiger partial charge in [0.2, 0.25) is 5.91 Å². The van der Waals surface area contributed by atoms with Crippen LogP contribution in [-0.2, 0) is 9.59 Å². The molecular weight excluding hydrogens is 426 g/mol. The van der Waals surface area contributed by atoms with Crippen LogP contribution in [0, 0.1) is 0 Å². The second-order valence-corrected chi connectivity index (χ2v) is 7.60. The van der Waals surface area contributed by atoms with Gasteiger partial charge in [-0.3, -0.25) is 14.5 Å². The normalized spacial score (nSPS) is 14.9. The third-order valence-corrected chi connectivity index (χ3v) is 5.70. The predicted octanol–water partition coefficient (Wildman–Crippen LogP) is 4.29. The molecule has 0 aliphatic carbocycles. The average molecular weight is 448 g/mol. The molecule has 0 spiro atoms. The van der Waals surface area contributed by atoms with Gasteiger partial charge < -0.3 is 14.1 Å². The number of hydrogen-bond acceptors (Lipinski definition) is 6. The number of thioether (sulfide) groups is 1. The summed E-state index contributed by atoms with van der Waals surface area (Å²) >= 11 is 7.47. The molecule has 9 heteroatoms. The van der Waals surface area contributed by atoms with Crippen LogP contribution in [0.4, 0.5) is 5.69 Å². The van der Waals surface area contributed by atoms with Crippen molar-refractivity contribution >= 4 is 52.1 Å². The van der Waals surface area contributed by atoms with Crippen LogP contribution >= 0.6 is 23.4 Å². The maximum atomic E-state index is 13.1. The lowest BCUT2D eigenvalue weighted by Crippen LogP contribution is -2.34. The number of halogens is 1. The van der Waals surface area contributed by atoms with E-state index in [-0.39, 0.29) is 23.3 Å². The Labute approximate surface area is 184 Å². The molecule has 0 fully saturated rings. The summed E-state index contributed by atoms with van der Waals surface area (Å²) in [7, 11) is 1.52. The highest BCUT2D eigenvalue weighted by atomic mass is 35.5. The van der Waals surface area contributed by atoms with Crippen molar-refractivity contribution < 1.29 is 18.7 Å². The number of amidine groups is 1. The molecule has 1 aromatic heterocycles. The lowest BCUT2D eigenvalue weighted by Gasteiger charge is -2.21. The van der Waals surface area contributed by atoms with Crippen molar-refractivity contribution in [2.75, 3.05) is 30.9 Å². The number of furan rings is 1. The SMILES string of the molecule is CCN(CC)C(=O)CSC1=N/C(=C\c2ccco2)C(=O)N1c1ccc(OC)c(Cl)c1. The lowest BCUT2D eigenvalue weighted by molar-refractivity contribution is -0.128. The number of rotatable bonds is 7. The van der Waals surface area contributed by atoms with Crippen LogP contribution in [0.5, 0.6) is 5.75 Å². The Hall–Kier alpha value is -2.71. The molecule has 0 N–H and O–H groups in total. The number of amides is 2. The number of carbonyl (C=O) groups excluding carboxylic acids is 2. The van der Waals surface area contributed by atoms with E-state index in [0.29, 0.717) is 40.5 Å². The third-order valence-electron chi connectivity index (χ3n) is 4.49. The molecule has 0 unspecified atom stereocenters. The Balaban J connectivity index is 1.92. The molecule has 7 nitrogen and oxygen atoms in total. The fourth-order valence-electron chi connectivity index (χ4n) is 2.92. The van der Waals surface area contributed by atoms with Crippen LogP contribution in [0.2, 0.25) is 5.02 Å². The molecule has 30 heavy (non-hydrogen) atoms. The van der Waals surface area contributed by atoms with E-state index in [4.69, 9.17) is 20.8 Å². The van der Waals surface area contributed by atoms with E-state index in [0.717, 1.165) is 0 Å². The van der Waals surface area contributed by atoms with Crippen molar-refractivity contribution in [1.29, 1.82) is 0 Å². The first-order chi connectivity index (χ1) is 14.5. The molecule has 2 aromatic rings. The molecule has 0 saturated carbocycles. The van der Waals surface area contributed by atoms with E-state index in [2.05, 4.69) is 4.99 Å². The van der Waals surface area contributed by atoms with Gasteiger partial charge in [0.15, 0.2) is 5.17 Å². The first kappa shape index (κ1) is 22.0. The van der Waals surface area contributed by atoms with E-state index in [1.165, 1.54) is 30.0 Å². The molecule has 2 heterocycles. The minimum Gasteiger partial charge on any atom is -0.495 e. The van der Waals surface area contributed by atoms with Gasteiger partial charge in [-0.2, -0.15) is 0 Å². The quantitative estimate of drug-likeness (QED) is 0.592. The Morgan fingerprint density at radius 1 is 1.33 bits per heavy atom. The van der Waals surface area contributed by atoms with E-state index in [9.17, 15) is 9.59 Å². The molecule has 1 aromatic carbocycles. The Morgan fingerprint density at radius 2 is 2.10 bits per heavy atom. The van der Waals surface area contributed by atoms with Gasteiger partial charge in [-0.05, 0) is 44.2 Å². The fourth-order valence-corrected chi connectivity index (χ4v) is 4.08. The van der Waals surface area contributed by atoms with Crippen LogP contribution in [0.3, 0.4) is 0 Å². The molecule has 3 rings (SSSR count). The summed E-state index contributed by atoms with van der Waals surface area (Å²) in [4.78, 5) is 33.2. The summed E-state index contributed by atoms with van der Waals surface area (Å²) in [6.07, 6.45) is 3.09. The molecule has 1 aliphatic rings. The molecular formula is C21H22ClN3O4S. The van der Waals surface area contributed by atoms with Gasteiger partial charge in [0.25, 0.3) is 5.91 Å².